The highest BCUT2D eigenvalue weighted by atomic mass is 35.5. The molecule has 0 aliphatic carbocycles. The second kappa shape index (κ2) is 13.3. The lowest BCUT2D eigenvalue weighted by Gasteiger charge is -2.33. The molecule has 0 heterocycles. The van der Waals surface area contributed by atoms with Crippen LogP contribution in [-0.2, 0) is 26.2 Å². The molecule has 10 heteroatoms. The molecule has 1 N–H and O–H groups in total. The first-order valence-electron chi connectivity index (χ1n) is 12.6. The van der Waals surface area contributed by atoms with Gasteiger partial charge in [0, 0.05) is 22.6 Å². The number of nitrogens with zero attached hydrogens (tertiary/aromatic N) is 2. The van der Waals surface area contributed by atoms with Gasteiger partial charge in [-0.2, -0.15) is 0 Å². The lowest BCUT2D eigenvalue weighted by atomic mass is 10.1. The predicted molar refractivity (Wildman–Crippen MR) is 157 cm³/mol. The lowest BCUT2D eigenvalue weighted by Crippen LogP contribution is -2.52. The first-order valence-corrected chi connectivity index (χ1v) is 14.8. The molecule has 2 unspecified atom stereocenters. The van der Waals surface area contributed by atoms with Crippen molar-refractivity contribution in [3.8, 4) is 0 Å². The highest BCUT2D eigenvalue weighted by Gasteiger charge is 2.33. The monoisotopic (exact) mass is 589 g/mol. The van der Waals surface area contributed by atoms with Gasteiger partial charge in [0.15, 0.2) is 0 Å². The number of halogens is 2. The quantitative estimate of drug-likeness (QED) is 0.305. The van der Waals surface area contributed by atoms with Gasteiger partial charge >= 0.3 is 0 Å². The van der Waals surface area contributed by atoms with Crippen LogP contribution in [0.2, 0.25) is 10.0 Å². The van der Waals surface area contributed by atoms with Gasteiger partial charge in [0.25, 0.3) is 10.0 Å². The summed E-state index contributed by atoms with van der Waals surface area (Å²) in [6.07, 6.45) is 0.723. The van der Waals surface area contributed by atoms with Crippen molar-refractivity contribution in [1.82, 2.24) is 10.2 Å². The summed E-state index contributed by atoms with van der Waals surface area (Å²) in [5.41, 5.74) is 1.54. The van der Waals surface area contributed by atoms with E-state index in [4.69, 9.17) is 23.2 Å². The minimum atomic E-state index is -4.16. The summed E-state index contributed by atoms with van der Waals surface area (Å²) < 4.78 is 28.8. The molecule has 0 saturated carbocycles. The van der Waals surface area contributed by atoms with E-state index in [2.05, 4.69) is 5.32 Å². The van der Waals surface area contributed by atoms with Crippen LogP contribution < -0.4 is 9.62 Å². The Kier molecular flexibility index (Phi) is 10.4. The van der Waals surface area contributed by atoms with Crippen LogP contribution in [0, 0.1) is 6.92 Å². The molecule has 0 saturated heterocycles. The van der Waals surface area contributed by atoms with E-state index >= 15 is 0 Å². The molecule has 39 heavy (non-hydrogen) atoms. The Labute approximate surface area is 240 Å². The fraction of sp³-hybridized carbons (Fsp3) is 0.310. The first kappa shape index (κ1) is 30.5. The highest BCUT2D eigenvalue weighted by Crippen LogP contribution is 2.31. The number of benzene rings is 3. The van der Waals surface area contributed by atoms with Gasteiger partial charge in [-0.1, -0.05) is 66.5 Å². The van der Waals surface area contributed by atoms with Gasteiger partial charge in [-0.05, 0) is 74.7 Å². The van der Waals surface area contributed by atoms with Crippen LogP contribution in [0.25, 0.3) is 0 Å². The van der Waals surface area contributed by atoms with Gasteiger partial charge < -0.3 is 10.2 Å². The maximum atomic E-state index is 14.0. The van der Waals surface area contributed by atoms with E-state index in [1.54, 1.807) is 74.5 Å². The fourth-order valence-corrected chi connectivity index (χ4v) is 5.72. The zero-order valence-corrected chi connectivity index (χ0v) is 24.7. The van der Waals surface area contributed by atoms with Crippen LogP contribution in [-0.4, -0.2) is 43.8 Å². The molecule has 0 bridgehead atoms. The standard InChI is InChI=1S/C29H33Cl2N3O4S/c1-5-20(2)32-29(36)22(4)33(18-23-14-16-24(30)17-15-23)28(35)19-34(27-13-9-12-26(31)21(27)3)39(37,38)25-10-7-6-8-11-25/h6-17,20,22H,5,18-19H2,1-4H3,(H,32,36). The smallest absolute Gasteiger partial charge is 0.264 e. The van der Waals surface area contributed by atoms with Gasteiger partial charge in [0.05, 0.1) is 10.6 Å². The van der Waals surface area contributed by atoms with Crippen molar-refractivity contribution in [3.63, 3.8) is 0 Å². The van der Waals surface area contributed by atoms with Crippen LogP contribution in [0.15, 0.2) is 77.7 Å². The molecule has 2 amide bonds. The van der Waals surface area contributed by atoms with Crippen molar-refractivity contribution < 1.29 is 18.0 Å². The summed E-state index contributed by atoms with van der Waals surface area (Å²) in [5.74, 6) is -0.876. The average Bonchev–Trinajstić information content (AvgIpc) is 2.92. The molecular formula is C29H33Cl2N3O4S. The lowest BCUT2D eigenvalue weighted by molar-refractivity contribution is -0.139. The number of sulfonamides is 1. The molecule has 0 radical (unpaired) electrons. The molecule has 0 aliphatic rings. The summed E-state index contributed by atoms with van der Waals surface area (Å²) in [5, 5.41) is 3.82. The van der Waals surface area contributed by atoms with Crippen molar-refractivity contribution in [2.45, 2.75) is 57.6 Å². The molecule has 0 aromatic heterocycles. The Morgan fingerprint density at radius 3 is 2.18 bits per heavy atom. The van der Waals surface area contributed by atoms with E-state index in [9.17, 15) is 18.0 Å². The van der Waals surface area contributed by atoms with Gasteiger partial charge in [-0.3, -0.25) is 13.9 Å². The Bertz CT molecular complexity index is 1400. The molecule has 3 aromatic rings. The van der Waals surface area contributed by atoms with E-state index in [-0.39, 0.29) is 29.1 Å². The van der Waals surface area contributed by atoms with Crippen LogP contribution in [0.4, 0.5) is 5.69 Å². The largest absolute Gasteiger partial charge is 0.352 e. The van der Waals surface area contributed by atoms with E-state index in [0.717, 1.165) is 16.3 Å². The van der Waals surface area contributed by atoms with Crippen LogP contribution in [0.5, 0.6) is 0 Å². The van der Waals surface area contributed by atoms with Crippen molar-refractivity contribution in [3.05, 3.63) is 94.0 Å². The molecule has 208 valence electrons. The normalized spacial score (nSPS) is 12.9. The summed E-state index contributed by atoms with van der Waals surface area (Å²) in [6.45, 7) is 6.71. The van der Waals surface area contributed by atoms with Crippen molar-refractivity contribution in [1.29, 1.82) is 0 Å². The van der Waals surface area contributed by atoms with Crippen molar-refractivity contribution in [2.24, 2.45) is 0 Å². The molecular weight excluding hydrogens is 557 g/mol. The number of carbonyl (C=O) groups excluding carboxylic acids is 2. The number of rotatable bonds is 11. The third-order valence-corrected chi connectivity index (χ3v) is 8.99. The number of carbonyl (C=O) groups is 2. The van der Waals surface area contributed by atoms with Gasteiger partial charge in [-0.15, -0.1) is 0 Å². The van der Waals surface area contributed by atoms with E-state index < -0.39 is 28.5 Å². The number of nitrogens with one attached hydrogen (secondary N) is 1. The Hall–Kier alpha value is -3.07. The Morgan fingerprint density at radius 2 is 1.56 bits per heavy atom. The van der Waals surface area contributed by atoms with Crippen molar-refractivity contribution >= 4 is 50.7 Å². The van der Waals surface area contributed by atoms with Crippen LogP contribution >= 0.6 is 23.2 Å². The van der Waals surface area contributed by atoms with Crippen molar-refractivity contribution in [2.75, 3.05) is 10.8 Å². The summed E-state index contributed by atoms with van der Waals surface area (Å²) in [4.78, 5) is 28.5. The van der Waals surface area contributed by atoms with Gasteiger partial charge in [0.1, 0.15) is 12.6 Å². The summed E-state index contributed by atoms with van der Waals surface area (Å²) >= 11 is 12.4. The zero-order valence-electron chi connectivity index (χ0n) is 22.4. The SMILES string of the molecule is CCC(C)NC(=O)C(C)N(Cc1ccc(Cl)cc1)C(=O)CN(c1cccc(Cl)c1C)S(=O)(=O)c1ccccc1. The maximum Gasteiger partial charge on any atom is 0.264 e. The van der Waals surface area contributed by atoms with E-state index in [0.29, 0.717) is 15.6 Å². The number of amides is 2. The van der Waals surface area contributed by atoms with Gasteiger partial charge in [-0.25, -0.2) is 8.42 Å². The third-order valence-electron chi connectivity index (χ3n) is 6.55. The summed E-state index contributed by atoms with van der Waals surface area (Å²) in [7, 11) is -4.16. The van der Waals surface area contributed by atoms with E-state index in [1.807, 2.05) is 13.8 Å². The second-order valence-corrected chi connectivity index (χ2v) is 12.1. The minimum Gasteiger partial charge on any atom is -0.352 e. The highest BCUT2D eigenvalue weighted by molar-refractivity contribution is 7.92. The predicted octanol–water partition coefficient (Wildman–Crippen LogP) is 5.83. The first-order chi connectivity index (χ1) is 18.4. The fourth-order valence-electron chi connectivity index (χ4n) is 3.93. The molecule has 7 nitrogen and oxygen atoms in total. The minimum absolute atomic E-state index is 0.0315. The third kappa shape index (κ3) is 7.53. The maximum absolute atomic E-state index is 14.0. The number of hydrogen-bond donors (Lipinski definition) is 1. The number of anilines is 1. The topological polar surface area (TPSA) is 86.8 Å². The molecule has 0 fully saturated rings. The average molecular weight is 591 g/mol. The van der Waals surface area contributed by atoms with E-state index in [1.165, 1.54) is 17.0 Å². The van der Waals surface area contributed by atoms with Crippen LogP contribution in [0.1, 0.15) is 38.3 Å². The molecule has 0 spiro atoms. The number of hydrogen-bond acceptors (Lipinski definition) is 4. The molecule has 3 aromatic carbocycles. The van der Waals surface area contributed by atoms with Gasteiger partial charge in [0.2, 0.25) is 11.8 Å². The molecule has 3 rings (SSSR count). The molecule has 0 aliphatic heterocycles. The zero-order chi connectivity index (χ0) is 28.7. The van der Waals surface area contributed by atoms with Crippen LogP contribution in [0.3, 0.4) is 0 Å². The Morgan fingerprint density at radius 1 is 0.923 bits per heavy atom. The molecule has 2 atom stereocenters. The Balaban J connectivity index is 2.05. The second-order valence-electron chi connectivity index (χ2n) is 9.35. The summed E-state index contributed by atoms with van der Waals surface area (Å²) in [6, 6.07) is 18.8.